The molecule has 0 fully saturated rings. The average Bonchev–Trinajstić information content (AvgIpc) is 2.61. The number of hydrogen-bond acceptors (Lipinski definition) is 5. The second kappa shape index (κ2) is 6.64. The first-order valence-electron chi connectivity index (χ1n) is 7.90. The molecule has 0 aliphatic rings. The lowest BCUT2D eigenvalue weighted by atomic mass is 10.2. The van der Waals surface area contributed by atoms with Crippen LogP contribution in [0.3, 0.4) is 0 Å². The zero-order valence-electron chi connectivity index (χ0n) is 13.9. The van der Waals surface area contributed by atoms with Crippen molar-refractivity contribution in [3.8, 4) is 17.1 Å². The Morgan fingerprint density at radius 1 is 0.963 bits per heavy atom. The summed E-state index contributed by atoms with van der Waals surface area (Å²) < 4.78 is 6.03. The van der Waals surface area contributed by atoms with E-state index in [9.17, 15) is 9.59 Å². The highest BCUT2D eigenvalue weighted by atomic mass is 35.5. The van der Waals surface area contributed by atoms with Crippen LogP contribution in [-0.4, -0.2) is 14.5 Å². The molecule has 0 unspecified atom stereocenters. The minimum Gasteiger partial charge on any atom is -0.372 e. The molecule has 0 N–H and O–H groups in total. The molecule has 6 nitrogen and oxygen atoms in total. The third-order valence-electron chi connectivity index (χ3n) is 3.99. The summed E-state index contributed by atoms with van der Waals surface area (Å²) in [6, 6.07) is 13.9. The Balaban J connectivity index is 2.14. The lowest BCUT2D eigenvalue weighted by Crippen LogP contribution is -2.25. The summed E-state index contributed by atoms with van der Waals surface area (Å²) in [6.45, 7) is 1.66. The molecule has 4 aromatic rings. The summed E-state index contributed by atoms with van der Waals surface area (Å²) in [5.74, 6) is -0.504. The Labute approximate surface area is 162 Å². The van der Waals surface area contributed by atoms with Gasteiger partial charge >= 0.3 is 11.4 Å². The standard InChI is InChI=1S/C19H11Cl2N3O3/c1-10-15-17(23-16(22-10)11-5-3-2-4-6-11)24(19(26)27-18(15)25)14-8-12(20)7-13(21)9-14/h2-9H,1H3. The Kier molecular flexibility index (Phi) is 4.30. The summed E-state index contributed by atoms with van der Waals surface area (Å²) in [6.07, 6.45) is 0. The van der Waals surface area contributed by atoms with Crippen LogP contribution in [0.5, 0.6) is 0 Å². The van der Waals surface area contributed by atoms with E-state index in [1.165, 1.54) is 18.2 Å². The monoisotopic (exact) mass is 399 g/mol. The van der Waals surface area contributed by atoms with Gasteiger partial charge in [-0.15, -0.1) is 0 Å². The molecule has 0 bridgehead atoms. The molecule has 0 atom stereocenters. The number of benzene rings is 2. The van der Waals surface area contributed by atoms with Gasteiger partial charge in [0.15, 0.2) is 11.5 Å². The van der Waals surface area contributed by atoms with Crippen LogP contribution in [0.1, 0.15) is 5.69 Å². The van der Waals surface area contributed by atoms with Crippen molar-refractivity contribution in [2.75, 3.05) is 0 Å². The number of nitrogens with zero attached hydrogens (tertiary/aromatic N) is 3. The van der Waals surface area contributed by atoms with Gasteiger partial charge in [-0.25, -0.2) is 24.1 Å². The van der Waals surface area contributed by atoms with Crippen LogP contribution in [-0.2, 0) is 0 Å². The van der Waals surface area contributed by atoms with Crippen molar-refractivity contribution in [1.29, 1.82) is 0 Å². The molecule has 8 heteroatoms. The van der Waals surface area contributed by atoms with E-state index >= 15 is 0 Å². The molecule has 2 heterocycles. The lowest BCUT2D eigenvalue weighted by Gasteiger charge is -2.11. The Morgan fingerprint density at radius 3 is 2.30 bits per heavy atom. The van der Waals surface area contributed by atoms with Crippen molar-refractivity contribution < 1.29 is 4.42 Å². The topological polar surface area (TPSA) is 78.0 Å². The van der Waals surface area contributed by atoms with E-state index in [2.05, 4.69) is 9.97 Å². The van der Waals surface area contributed by atoms with Gasteiger partial charge in [0.2, 0.25) is 0 Å². The summed E-state index contributed by atoms with van der Waals surface area (Å²) in [5.41, 5.74) is 0.814. The number of fused-ring (bicyclic) bond motifs is 1. The highest BCUT2D eigenvalue weighted by Gasteiger charge is 2.18. The highest BCUT2D eigenvalue weighted by molar-refractivity contribution is 6.34. The predicted molar refractivity (Wildman–Crippen MR) is 104 cm³/mol. The van der Waals surface area contributed by atoms with Crippen LogP contribution in [0.2, 0.25) is 10.0 Å². The summed E-state index contributed by atoms with van der Waals surface area (Å²) in [7, 11) is 0. The molecule has 0 aliphatic carbocycles. The van der Waals surface area contributed by atoms with E-state index in [0.717, 1.165) is 10.1 Å². The first-order valence-corrected chi connectivity index (χ1v) is 8.66. The van der Waals surface area contributed by atoms with Crippen LogP contribution in [0.15, 0.2) is 62.5 Å². The van der Waals surface area contributed by atoms with Gasteiger partial charge in [0.1, 0.15) is 5.39 Å². The summed E-state index contributed by atoms with van der Waals surface area (Å²) in [5, 5.41) is 0.779. The first kappa shape index (κ1) is 17.5. The SMILES string of the molecule is Cc1nc(-c2ccccc2)nc2c1c(=O)oc(=O)n2-c1cc(Cl)cc(Cl)c1. The van der Waals surface area contributed by atoms with Gasteiger partial charge in [0, 0.05) is 15.6 Å². The molecule has 2 aromatic carbocycles. The van der Waals surface area contributed by atoms with Gasteiger partial charge in [-0.1, -0.05) is 53.5 Å². The van der Waals surface area contributed by atoms with E-state index in [-0.39, 0.29) is 11.0 Å². The van der Waals surface area contributed by atoms with Crippen molar-refractivity contribution in [1.82, 2.24) is 14.5 Å². The fourth-order valence-corrected chi connectivity index (χ4v) is 3.35. The van der Waals surface area contributed by atoms with Crippen molar-refractivity contribution in [3.05, 3.63) is 85.2 Å². The molecule has 4 rings (SSSR count). The van der Waals surface area contributed by atoms with Gasteiger partial charge < -0.3 is 4.42 Å². The maximum Gasteiger partial charge on any atom is 0.428 e. The maximum absolute atomic E-state index is 12.5. The molecular formula is C19H11Cl2N3O3. The van der Waals surface area contributed by atoms with Gasteiger partial charge in [0.25, 0.3) is 0 Å². The molecule has 0 saturated heterocycles. The zero-order chi connectivity index (χ0) is 19.1. The third-order valence-corrected chi connectivity index (χ3v) is 4.42. The molecule has 0 spiro atoms. The minimum absolute atomic E-state index is 0.116. The molecule has 0 saturated carbocycles. The summed E-state index contributed by atoms with van der Waals surface area (Å²) in [4.78, 5) is 33.6. The molecular weight excluding hydrogens is 389 g/mol. The van der Waals surface area contributed by atoms with Crippen LogP contribution < -0.4 is 11.4 Å². The van der Waals surface area contributed by atoms with Gasteiger partial charge in [-0.05, 0) is 25.1 Å². The normalized spacial score (nSPS) is 11.1. The summed E-state index contributed by atoms with van der Waals surface area (Å²) >= 11 is 12.1. The van der Waals surface area contributed by atoms with Crippen LogP contribution in [0, 0.1) is 6.92 Å². The first-order chi connectivity index (χ1) is 12.9. The Bertz CT molecular complexity index is 1280. The smallest absolute Gasteiger partial charge is 0.372 e. The maximum atomic E-state index is 12.5. The second-order valence-electron chi connectivity index (χ2n) is 5.82. The van der Waals surface area contributed by atoms with Crippen molar-refractivity contribution >= 4 is 34.2 Å². The highest BCUT2D eigenvalue weighted by Crippen LogP contribution is 2.24. The van der Waals surface area contributed by atoms with E-state index in [1.807, 2.05) is 30.3 Å². The second-order valence-corrected chi connectivity index (χ2v) is 6.69. The molecule has 2 aromatic heterocycles. The Morgan fingerprint density at radius 2 is 1.63 bits per heavy atom. The fourth-order valence-electron chi connectivity index (χ4n) is 2.83. The van der Waals surface area contributed by atoms with Crippen LogP contribution in [0.4, 0.5) is 0 Å². The Hall–Kier alpha value is -2.96. The number of aryl methyl sites for hydroxylation is 1. The molecule has 0 aliphatic heterocycles. The molecule has 0 radical (unpaired) electrons. The zero-order valence-corrected chi connectivity index (χ0v) is 15.5. The predicted octanol–water partition coefficient (Wildman–Crippen LogP) is 4.02. The largest absolute Gasteiger partial charge is 0.428 e. The van der Waals surface area contributed by atoms with Gasteiger partial charge in [-0.3, -0.25) is 0 Å². The number of aromatic nitrogens is 3. The number of hydrogen-bond donors (Lipinski definition) is 0. The van der Waals surface area contributed by atoms with E-state index in [0.29, 0.717) is 27.3 Å². The number of halogens is 2. The van der Waals surface area contributed by atoms with E-state index in [4.69, 9.17) is 27.6 Å². The van der Waals surface area contributed by atoms with Crippen molar-refractivity contribution in [2.24, 2.45) is 0 Å². The quantitative estimate of drug-likeness (QED) is 0.508. The molecule has 134 valence electrons. The van der Waals surface area contributed by atoms with Crippen LogP contribution in [0.25, 0.3) is 28.1 Å². The number of rotatable bonds is 2. The van der Waals surface area contributed by atoms with Crippen molar-refractivity contribution in [2.45, 2.75) is 6.92 Å². The lowest BCUT2D eigenvalue weighted by molar-refractivity contribution is 0.443. The average molecular weight is 400 g/mol. The van der Waals surface area contributed by atoms with Crippen molar-refractivity contribution in [3.63, 3.8) is 0 Å². The third kappa shape index (κ3) is 3.13. The van der Waals surface area contributed by atoms with Gasteiger partial charge in [-0.2, -0.15) is 0 Å². The minimum atomic E-state index is -0.886. The van der Waals surface area contributed by atoms with E-state index in [1.54, 1.807) is 6.92 Å². The molecule has 27 heavy (non-hydrogen) atoms. The van der Waals surface area contributed by atoms with E-state index < -0.39 is 11.4 Å². The molecule has 0 amide bonds. The van der Waals surface area contributed by atoms with Gasteiger partial charge in [0.05, 0.1) is 11.4 Å². The van der Waals surface area contributed by atoms with Crippen LogP contribution >= 0.6 is 23.2 Å². The fraction of sp³-hybridized carbons (Fsp3) is 0.0526.